The summed E-state index contributed by atoms with van der Waals surface area (Å²) >= 11 is 3.45. The van der Waals surface area contributed by atoms with E-state index in [1.54, 1.807) is 0 Å². The van der Waals surface area contributed by atoms with Gasteiger partial charge in [0.15, 0.2) is 11.5 Å². The van der Waals surface area contributed by atoms with Crippen molar-refractivity contribution >= 4 is 33.0 Å². The van der Waals surface area contributed by atoms with Gasteiger partial charge in [-0.15, -0.1) is 0 Å². The number of fused-ring (bicyclic) bond motifs is 2. The second-order valence-corrected chi connectivity index (χ2v) is 6.15. The summed E-state index contributed by atoms with van der Waals surface area (Å²) in [6.45, 7) is 5.15. The van der Waals surface area contributed by atoms with Crippen LogP contribution in [-0.4, -0.2) is 11.9 Å². The highest BCUT2D eigenvalue weighted by molar-refractivity contribution is 9.09. The van der Waals surface area contributed by atoms with Crippen LogP contribution >= 0.6 is 15.9 Å². The first-order valence-corrected chi connectivity index (χ1v) is 8.29. The second kappa shape index (κ2) is 5.98. The topological polar surface area (TPSA) is 33.3 Å². The number of ether oxygens (including phenoxy) is 1. The molecule has 2 N–H and O–H groups in total. The minimum absolute atomic E-state index is 0.873. The number of aryl methyl sites for hydroxylation is 2. The first-order chi connectivity index (χ1) is 10.2. The molecule has 0 fully saturated rings. The summed E-state index contributed by atoms with van der Waals surface area (Å²) in [5.41, 5.74) is 5.62. The lowest BCUT2D eigenvalue weighted by molar-refractivity contribution is 0.481. The van der Waals surface area contributed by atoms with Crippen molar-refractivity contribution in [2.24, 2.45) is 0 Å². The van der Waals surface area contributed by atoms with Crippen molar-refractivity contribution in [1.82, 2.24) is 0 Å². The van der Waals surface area contributed by atoms with Gasteiger partial charge in [0, 0.05) is 23.6 Å². The van der Waals surface area contributed by atoms with Crippen molar-refractivity contribution in [1.29, 1.82) is 0 Å². The van der Waals surface area contributed by atoms with Crippen LogP contribution in [0.1, 0.15) is 17.5 Å². The zero-order valence-corrected chi connectivity index (χ0v) is 13.9. The lowest BCUT2D eigenvalue weighted by Gasteiger charge is -2.24. The molecule has 0 amide bonds. The first-order valence-electron chi connectivity index (χ1n) is 7.17. The maximum absolute atomic E-state index is 6.02. The molecule has 0 aromatic heterocycles. The summed E-state index contributed by atoms with van der Waals surface area (Å²) in [5.74, 6) is 1.75. The van der Waals surface area contributed by atoms with Gasteiger partial charge in [-0.3, -0.25) is 0 Å². The van der Waals surface area contributed by atoms with E-state index in [2.05, 4.69) is 64.7 Å². The van der Waals surface area contributed by atoms with Crippen LogP contribution in [0.25, 0.3) is 0 Å². The Morgan fingerprint density at radius 2 is 1.90 bits per heavy atom. The number of nitrogens with one attached hydrogen (secondary N) is 2. The lowest BCUT2D eigenvalue weighted by Crippen LogP contribution is -2.07. The van der Waals surface area contributed by atoms with E-state index >= 15 is 0 Å². The maximum atomic E-state index is 6.02. The number of anilines is 3. The van der Waals surface area contributed by atoms with Crippen molar-refractivity contribution in [3.63, 3.8) is 0 Å². The molecule has 4 heteroatoms. The molecule has 0 saturated carbocycles. The van der Waals surface area contributed by atoms with Gasteiger partial charge in [-0.05, 0) is 49.6 Å². The summed E-state index contributed by atoms with van der Waals surface area (Å²) in [5, 5.41) is 7.92. The highest BCUT2D eigenvalue weighted by Gasteiger charge is 2.18. The molecule has 0 aliphatic carbocycles. The molecule has 110 valence electrons. The molecular formula is C17H19BrN2O. The molecule has 0 unspecified atom stereocenters. The summed E-state index contributed by atoms with van der Waals surface area (Å²) in [6, 6.07) is 10.4. The zero-order valence-electron chi connectivity index (χ0n) is 12.3. The smallest absolute Gasteiger partial charge is 0.153 e. The van der Waals surface area contributed by atoms with Gasteiger partial charge in [0.25, 0.3) is 0 Å². The third kappa shape index (κ3) is 3.00. The summed E-state index contributed by atoms with van der Waals surface area (Å²) in [4.78, 5) is 0. The summed E-state index contributed by atoms with van der Waals surface area (Å²) in [6.07, 6.45) is 1.09. The molecule has 1 aliphatic heterocycles. The van der Waals surface area contributed by atoms with E-state index < -0.39 is 0 Å². The fraction of sp³-hybridized carbons (Fsp3) is 0.294. The predicted octanol–water partition coefficient (Wildman–Crippen LogP) is 5.35. The normalized spacial score (nSPS) is 12.0. The van der Waals surface area contributed by atoms with Gasteiger partial charge in [0.1, 0.15) is 0 Å². The lowest BCUT2D eigenvalue weighted by atomic mass is 10.1. The maximum Gasteiger partial charge on any atom is 0.153 e. The van der Waals surface area contributed by atoms with Crippen LogP contribution in [0.5, 0.6) is 11.5 Å². The van der Waals surface area contributed by atoms with Crippen LogP contribution in [0.15, 0.2) is 30.3 Å². The molecule has 2 aromatic rings. The van der Waals surface area contributed by atoms with E-state index in [0.29, 0.717) is 0 Å². The number of rotatable bonds is 4. The molecule has 0 radical (unpaired) electrons. The van der Waals surface area contributed by atoms with Crippen molar-refractivity contribution < 1.29 is 4.74 Å². The average Bonchev–Trinajstić information content (AvgIpc) is 2.46. The van der Waals surface area contributed by atoms with Crippen LogP contribution in [0.2, 0.25) is 0 Å². The standard InChI is InChI=1S/C17H19BrN2O/c1-11-4-5-16-14(8-11)20-15-9-12(2)13(10-17(15)21-16)19-7-3-6-18/h4-5,8-10,19-20H,3,6-7H2,1-2H3. The van der Waals surface area contributed by atoms with Gasteiger partial charge < -0.3 is 15.4 Å². The van der Waals surface area contributed by atoms with Crippen LogP contribution in [0.4, 0.5) is 17.1 Å². The molecule has 0 saturated heterocycles. The van der Waals surface area contributed by atoms with Crippen molar-refractivity contribution in [3.05, 3.63) is 41.5 Å². The van der Waals surface area contributed by atoms with E-state index in [-0.39, 0.29) is 0 Å². The second-order valence-electron chi connectivity index (χ2n) is 5.36. The Labute approximate surface area is 133 Å². The minimum atomic E-state index is 0.873. The Kier molecular flexibility index (Phi) is 4.06. The van der Waals surface area contributed by atoms with Crippen molar-refractivity contribution in [3.8, 4) is 11.5 Å². The van der Waals surface area contributed by atoms with Gasteiger partial charge in [0.2, 0.25) is 0 Å². The van der Waals surface area contributed by atoms with Crippen molar-refractivity contribution in [2.75, 3.05) is 22.5 Å². The van der Waals surface area contributed by atoms with E-state index in [0.717, 1.165) is 46.9 Å². The molecule has 21 heavy (non-hydrogen) atoms. The third-order valence-electron chi connectivity index (χ3n) is 3.58. The van der Waals surface area contributed by atoms with Crippen LogP contribution < -0.4 is 15.4 Å². The molecule has 0 bridgehead atoms. The molecular weight excluding hydrogens is 328 g/mol. The predicted molar refractivity (Wildman–Crippen MR) is 92.6 cm³/mol. The minimum Gasteiger partial charge on any atom is -0.453 e. The van der Waals surface area contributed by atoms with E-state index in [4.69, 9.17) is 4.74 Å². The number of hydrogen-bond donors (Lipinski definition) is 2. The first kappa shape index (κ1) is 14.3. The molecule has 1 aliphatic rings. The Balaban J connectivity index is 1.87. The molecule has 2 aromatic carbocycles. The summed E-state index contributed by atoms with van der Waals surface area (Å²) in [7, 11) is 0. The number of halogens is 1. The van der Waals surface area contributed by atoms with Crippen molar-refractivity contribution in [2.45, 2.75) is 20.3 Å². The van der Waals surface area contributed by atoms with Crippen LogP contribution in [0, 0.1) is 13.8 Å². The molecule has 0 spiro atoms. The van der Waals surface area contributed by atoms with Gasteiger partial charge in [0.05, 0.1) is 11.4 Å². The third-order valence-corrected chi connectivity index (χ3v) is 4.14. The highest BCUT2D eigenvalue weighted by atomic mass is 79.9. The fourth-order valence-electron chi connectivity index (χ4n) is 2.44. The van der Waals surface area contributed by atoms with E-state index in [9.17, 15) is 0 Å². The Hall–Kier alpha value is -1.68. The van der Waals surface area contributed by atoms with Gasteiger partial charge in [-0.25, -0.2) is 0 Å². The van der Waals surface area contributed by atoms with Gasteiger partial charge in [-0.1, -0.05) is 22.0 Å². The fourth-order valence-corrected chi connectivity index (χ4v) is 2.72. The Morgan fingerprint density at radius 3 is 2.71 bits per heavy atom. The molecule has 3 nitrogen and oxygen atoms in total. The Bertz CT molecular complexity index is 670. The number of alkyl halides is 1. The largest absolute Gasteiger partial charge is 0.453 e. The van der Waals surface area contributed by atoms with Crippen LogP contribution in [-0.2, 0) is 0 Å². The molecule has 0 atom stereocenters. The number of hydrogen-bond acceptors (Lipinski definition) is 3. The van der Waals surface area contributed by atoms with E-state index in [1.807, 2.05) is 6.07 Å². The quantitative estimate of drug-likeness (QED) is 0.493. The summed E-state index contributed by atoms with van der Waals surface area (Å²) < 4.78 is 6.02. The molecule has 1 heterocycles. The average molecular weight is 347 g/mol. The van der Waals surface area contributed by atoms with Crippen LogP contribution in [0.3, 0.4) is 0 Å². The molecule has 3 rings (SSSR count). The Morgan fingerprint density at radius 1 is 1.10 bits per heavy atom. The SMILES string of the molecule is Cc1ccc2c(c1)Nc1cc(C)c(NCCCBr)cc1O2. The number of benzene rings is 2. The van der Waals surface area contributed by atoms with Gasteiger partial charge in [-0.2, -0.15) is 0 Å². The van der Waals surface area contributed by atoms with E-state index in [1.165, 1.54) is 11.1 Å². The highest BCUT2D eigenvalue weighted by Crippen LogP contribution is 2.44. The monoisotopic (exact) mass is 346 g/mol. The zero-order chi connectivity index (χ0) is 14.8. The van der Waals surface area contributed by atoms with Gasteiger partial charge >= 0.3 is 0 Å².